The molecule has 0 aromatic heterocycles. The van der Waals surface area contributed by atoms with Crippen molar-refractivity contribution >= 4 is 11.6 Å². The van der Waals surface area contributed by atoms with Crippen LogP contribution in [0.2, 0.25) is 0 Å². The summed E-state index contributed by atoms with van der Waals surface area (Å²) < 4.78 is 0. The van der Waals surface area contributed by atoms with Gasteiger partial charge in [-0.3, -0.25) is 4.79 Å². The molecule has 0 atom stereocenters. The van der Waals surface area contributed by atoms with Crippen LogP contribution in [-0.2, 0) is 12.8 Å². The van der Waals surface area contributed by atoms with E-state index in [0.29, 0.717) is 11.3 Å². The maximum Gasteiger partial charge on any atom is 0.297 e. The molecule has 0 N–H and O–H groups in total. The fraction of sp³-hybridized carbons (Fsp3) is 0.133. The molecule has 0 saturated heterocycles. The van der Waals surface area contributed by atoms with Crippen LogP contribution in [0.15, 0.2) is 58.8 Å². The number of fused-ring (bicyclic) bond motifs is 1. The van der Waals surface area contributed by atoms with Crippen molar-refractivity contribution in [3.63, 3.8) is 0 Å². The van der Waals surface area contributed by atoms with E-state index >= 15 is 0 Å². The maximum absolute atomic E-state index is 11.4. The van der Waals surface area contributed by atoms with Crippen LogP contribution in [0.25, 0.3) is 0 Å². The molecule has 1 aliphatic rings. The predicted octanol–water partition coefficient (Wildman–Crippen LogP) is 3.71. The lowest BCUT2D eigenvalue weighted by Crippen LogP contribution is -1.94. The summed E-state index contributed by atoms with van der Waals surface area (Å²) in [7, 11) is 0. The first kappa shape index (κ1) is 10.8. The van der Waals surface area contributed by atoms with Gasteiger partial charge in [0.15, 0.2) is 0 Å². The Balaban J connectivity index is 1.75. The number of amides is 1. The molecule has 3 heteroatoms. The van der Waals surface area contributed by atoms with Crippen LogP contribution >= 0.6 is 0 Å². The van der Waals surface area contributed by atoms with E-state index < -0.39 is 0 Å². The molecule has 88 valence electrons. The summed E-state index contributed by atoms with van der Waals surface area (Å²) in [6.45, 7) is 0. The number of hydrogen-bond donors (Lipinski definition) is 0. The predicted molar refractivity (Wildman–Crippen MR) is 69.1 cm³/mol. The normalized spacial score (nSPS) is 12.8. The van der Waals surface area contributed by atoms with Crippen molar-refractivity contribution in [2.24, 2.45) is 10.2 Å². The first-order valence-electron chi connectivity index (χ1n) is 5.96. The molecular weight excluding hydrogens is 224 g/mol. The number of azo groups is 1. The highest BCUT2D eigenvalue weighted by Gasteiger charge is 2.17. The van der Waals surface area contributed by atoms with Crippen LogP contribution in [0.4, 0.5) is 5.69 Å². The van der Waals surface area contributed by atoms with E-state index in [2.05, 4.69) is 22.4 Å². The molecule has 3 nitrogen and oxygen atoms in total. The Morgan fingerprint density at radius 2 is 1.61 bits per heavy atom. The third-order valence-corrected chi connectivity index (χ3v) is 3.09. The largest absolute Gasteiger partial charge is 0.297 e. The molecule has 18 heavy (non-hydrogen) atoms. The zero-order chi connectivity index (χ0) is 12.4. The Morgan fingerprint density at radius 3 is 2.44 bits per heavy atom. The first-order chi connectivity index (χ1) is 8.83. The lowest BCUT2D eigenvalue weighted by molar-refractivity contribution is 0.100. The topological polar surface area (TPSA) is 41.8 Å². The van der Waals surface area contributed by atoms with Crippen molar-refractivity contribution in [3.8, 4) is 0 Å². The summed E-state index contributed by atoms with van der Waals surface area (Å²) >= 11 is 0. The molecule has 0 unspecified atom stereocenters. The lowest BCUT2D eigenvalue weighted by Gasteiger charge is -2.03. The smallest absolute Gasteiger partial charge is 0.265 e. The Kier molecular flexibility index (Phi) is 2.73. The van der Waals surface area contributed by atoms with Crippen LogP contribution in [0.5, 0.6) is 0 Å². The van der Waals surface area contributed by atoms with Crippen molar-refractivity contribution in [2.45, 2.75) is 12.8 Å². The minimum absolute atomic E-state index is 0.230. The van der Waals surface area contributed by atoms with Crippen LogP contribution in [-0.4, -0.2) is 5.91 Å². The standard InChI is InChI=1S/C15H12N2O/c18-15-13-10-12(8-9-14(13)16-17-15)7-6-11-4-2-1-3-5-11/h1-5,8-10H,6-7H2. The third-order valence-electron chi connectivity index (χ3n) is 3.09. The quantitative estimate of drug-likeness (QED) is 0.800. The molecular formula is C15H12N2O. The highest BCUT2D eigenvalue weighted by Crippen LogP contribution is 2.27. The monoisotopic (exact) mass is 236 g/mol. The number of carbonyl (C=O) groups excluding carboxylic acids is 1. The van der Waals surface area contributed by atoms with Crippen LogP contribution in [0.3, 0.4) is 0 Å². The van der Waals surface area contributed by atoms with E-state index in [9.17, 15) is 4.79 Å². The number of rotatable bonds is 3. The molecule has 0 aliphatic carbocycles. The molecule has 0 spiro atoms. The highest BCUT2D eigenvalue weighted by molar-refractivity contribution is 6.01. The second kappa shape index (κ2) is 4.53. The van der Waals surface area contributed by atoms with Gasteiger partial charge < -0.3 is 0 Å². The Bertz CT molecular complexity index is 618. The van der Waals surface area contributed by atoms with Gasteiger partial charge in [0, 0.05) is 0 Å². The van der Waals surface area contributed by atoms with Gasteiger partial charge in [-0.15, -0.1) is 10.2 Å². The van der Waals surface area contributed by atoms with E-state index in [-0.39, 0.29) is 5.91 Å². The average molecular weight is 236 g/mol. The minimum atomic E-state index is -0.230. The van der Waals surface area contributed by atoms with Gasteiger partial charge in [-0.1, -0.05) is 36.4 Å². The van der Waals surface area contributed by atoms with Crippen molar-refractivity contribution in [2.75, 3.05) is 0 Å². The third kappa shape index (κ3) is 2.07. The number of hydrogen-bond acceptors (Lipinski definition) is 2. The van der Waals surface area contributed by atoms with Crippen LogP contribution in [0, 0.1) is 0 Å². The van der Waals surface area contributed by atoms with Crippen molar-refractivity contribution < 1.29 is 4.79 Å². The van der Waals surface area contributed by atoms with Crippen LogP contribution in [0.1, 0.15) is 21.5 Å². The minimum Gasteiger partial charge on any atom is -0.265 e. The number of nitrogens with zero attached hydrogens (tertiary/aromatic N) is 2. The zero-order valence-corrected chi connectivity index (χ0v) is 9.84. The maximum atomic E-state index is 11.4. The van der Waals surface area contributed by atoms with Crippen molar-refractivity contribution in [1.29, 1.82) is 0 Å². The van der Waals surface area contributed by atoms with Crippen molar-refractivity contribution in [3.05, 3.63) is 65.2 Å². The van der Waals surface area contributed by atoms with E-state index in [1.54, 1.807) is 0 Å². The van der Waals surface area contributed by atoms with Crippen molar-refractivity contribution in [1.82, 2.24) is 0 Å². The summed E-state index contributed by atoms with van der Waals surface area (Å²) in [6.07, 6.45) is 1.90. The Labute approximate surface area is 105 Å². The molecule has 1 amide bonds. The molecule has 1 aliphatic heterocycles. The van der Waals surface area contributed by atoms with E-state index in [4.69, 9.17) is 0 Å². The summed E-state index contributed by atoms with van der Waals surface area (Å²) in [5, 5.41) is 7.36. The second-order valence-electron chi connectivity index (χ2n) is 4.34. The number of carbonyl (C=O) groups is 1. The highest BCUT2D eigenvalue weighted by atomic mass is 16.2. The summed E-state index contributed by atoms with van der Waals surface area (Å²) in [4.78, 5) is 11.4. The van der Waals surface area contributed by atoms with E-state index in [0.717, 1.165) is 18.4 Å². The van der Waals surface area contributed by atoms with Gasteiger partial charge in [0.25, 0.3) is 5.91 Å². The SMILES string of the molecule is O=C1N=Nc2ccc(CCc3ccccc3)cc21. The molecule has 0 bridgehead atoms. The van der Waals surface area contributed by atoms with Gasteiger partial charge in [-0.25, -0.2) is 0 Å². The lowest BCUT2D eigenvalue weighted by atomic mass is 10.0. The zero-order valence-electron chi connectivity index (χ0n) is 9.84. The summed E-state index contributed by atoms with van der Waals surface area (Å²) in [5.74, 6) is -0.230. The molecule has 0 radical (unpaired) electrons. The van der Waals surface area contributed by atoms with Gasteiger partial charge in [-0.05, 0) is 36.1 Å². The van der Waals surface area contributed by atoms with Gasteiger partial charge in [0.05, 0.1) is 11.3 Å². The molecule has 1 heterocycles. The van der Waals surface area contributed by atoms with Gasteiger partial charge in [0.2, 0.25) is 0 Å². The molecule has 0 fully saturated rings. The van der Waals surface area contributed by atoms with E-state index in [1.165, 1.54) is 5.56 Å². The Hall–Kier alpha value is -2.29. The van der Waals surface area contributed by atoms with Gasteiger partial charge in [0.1, 0.15) is 0 Å². The average Bonchev–Trinajstić information content (AvgIpc) is 2.79. The van der Waals surface area contributed by atoms with E-state index in [1.807, 2.05) is 36.4 Å². The van der Waals surface area contributed by atoms with Gasteiger partial charge in [-0.2, -0.15) is 0 Å². The van der Waals surface area contributed by atoms with Crippen LogP contribution < -0.4 is 0 Å². The number of benzene rings is 2. The summed E-state index contributed by atoms with van der Waals surface area (Å²) in [5.41, 5.74) is 3.76. The number of aryl methyl sites for hydroxylation is 2. The second-order valence-corrected chi connectivity index (χ2v) is 4.34. The fourth-order valence-corrected chi connectivity index (χ4v) is 2.08. The fourth-order valence-electron chi connectivity index (χ4n) is 2.08. The molecule has 2 aromatic rings. The van der Waals surface area contributed by atoms with Gasteiger partial charge >= 0.3 is 0 Å². The Morgan fingerprint density at radius 1 is 0.833 bits per heavy atom. The molecule has 0 saturated carbocycles. The molecule has 3 rings (SSSR count). The molecule has 2 aromatic carbocycles. The first-order valence-corrected chi connectivity index (χ1v) is 5.96. The summed E-state index contributed by atoms with van der Waals surface area (Å²) in [6, 6.07) is 16.1.